The van der Waals surface area contributed by atoms with Gasteiger partial charge in [0.15, 0.2) is 0 Å². The molecule has 2 aromatic heterocycles. The Bertz CT molecular complexity index is 1310. The summed E-state index contributed by atoms with van der Waals surface area (Å²) < 4.78 is 2.05. The topological polar surface area (TPSA) is 97.9 Å². The zero-order valence-electron chi connectivity index (χ0n) is 17.6. The van der Waals surface area contributed by atoms with Gasteiger partial charge in [-0.15, -0.1) is 22.0 Å². The number of amides is 2. The van der Waals surface area contributed by atoms with Gasteiger partial charge in [-0.25, -0.2) is 0 Å². The van der Waals surface area contributed by atoms with Gasteiger partial charge in [0.2, 0.25) is 5.91 Å². The molecule has 0 saturated carbocycles. The number of anilines is 1. The van der Waals surface area contributed by atoms with Crippen molar-refractivity contribution in [2.75, 3.05) is 17.7 Å². The number of likely N-dealkylation sites (N-methyl/N-ethyl adjacent to an activating group) is 1. The Morgan fingerprint density at radius 3 is 2.81 bits per heavy atom. The second-order valence-corrected chi connectivity index (χ2v) is 8.73. The number of rotatable bonds is 4. The first-order chi connectivity index (χ1) is 15.5. The third-order valence-electron chi connectivity index (χ3n) is 5.49. The first kappa shape index (κ1) is 20.3. The van der Waals surface area contributed by atoms with Gasteiger partial charge in [0.1, 0.15) is 6.04 Å². The average molecular weight is 448 g/mol. The highest BCUT2D eigenvalue weighted by molar-refractivity contribution is 7.99. The molecule has 0 saturated heterocycles. The van der Waals surface area contributed by atoms with Crippen LogP contribution in [0.1, 0.15) is 16.2 Å². The highest BCUT2D eigenvalue weighted by Gasteiger charge is 2.31. The number of tetrazole rings is 1. The summed E-state index contributed by atoms with van der Waals surface area (Å²) in [6, 6.07) is 15.1. The second kappa shape index (κ2) is 8.12. The van der Waals surface area contributed by atoms with E-state index in [-0.39, 0.29) is 11.7 Å². The smallest absolute Gasteiger partial charge is 0.293 e. The summed E-state index contributed by atoms with van der Waals surface area (Å²) >= 11 is 1.54. The van der Waals surface area contributed by atoms with Gasteiger partial charge in [-0.1, -0.05) is 30.3 Å². The van der Waals surface area contributed by atoms with Crippen molar-refractivity contribution in [1.29, 1.82) is 0 Å². The number of thioether (sulfide) groups is 1. The molecule has 162 valence electrons. The Morgan fingerprint density at radius 1 is 1.19 bits per heavy atom. The lowest BCUT2D eigenvalue weighted by atomic mass is 10.2. The van der Waals surface area contributed by atoms with Crippen molar-refractivity contribution in [2.45, 2.75) is 17.5 Å². The normalized spacial score (nSPS) is 16.1. The maximum absolute atomic E-state index is 13.1. The van der Waals surface area contributed by atoms with Gasteiger partial charge in [0.25, 0.3) is 11.7 Å². The predicted molar refractivity (Wildman–Crippen MR) is 122 cm³/mol. The zero-order valence-corrected chi connectivity index (χ0v) is 18.4. The van der Waals surface area contributed by atoms with E-state index in [0.717, 1.165) is 27.0 Å². The van der Waals surface area contributed by atoms with Crippen LogP contribution < -0.4 is 10.2 Å². The van der Waals surface area contributed by atoms with Crippen LogP contribution in [0.25, 0.3) is 10.9 Å². The molecule has 1 aliphatic rings. The van der Waals surface area contributed by atoms with E-state index in [1.807, 2.05) is 60.3 Å². The highest BCUT2D eigenvalue weighted by Crippen LogP contribution is 2.37. The van der Waals surface area contributed by atoms with E-state index < -0.39 is 11.9 Å². The van der Waals surface area contributed by atoms with Crippen LogP contribution in [0.4, 0.5) is 5.69 Å². The fourth-order valence-corrected chi connectivity index (χ4v) is 4.84. The number of nitrogens with one attached hydrogen (secondary N) is 1. The molecule has 2 aromatic carbocycles. The summed E-state index contributed by atoms with van der Waals surface area (Å²) in [6.45, 7) is 0.408. The molecule has 0 unspecified atom stereocenters. The molecule has 3 heterocycles. The molecule has 0 bridgehead atoms. The number of aryl methyl sites for hydroxylation is 1. The molecule has 0 radical (unpaired) electrons. The van der Waals surface area contributed by atoms with Crippen LogP contribution in [-0.2, 0) is 18.4 Å². The number of hydrogen-bond donors (Lipinski definition) is 1. The van der Waals surface area contributed by atoms with Gasteiger partial charge in [0.05, 0.1) is 12.2 Å². The third kappa shape index (κ3) is 3.73. The minimum atomic E-state index is -0.700. The Balaban J connectivity index is 1.32. The summed E-state index contributed by atoms with van der Waals surface area (Å²) in [5, 5.41) is 15.8. The van der Waals surface area contributed by atoms with Crippen LogP contribution >= 0.6 is 11.8 Å². The summed E-state index contributed by atoms with van der Waals surface area (Å²) in [7, 11) is 3.72. The molecular weight excluding hydrogens is 426 g/mol. The molecule has 1 N–H and O–H groups in total. The molecule has 1 aliphatic heterocycles. The lowest BCUT2D eigenvalue weighted by molar-refractivity contribution is -0.119. The molecule has 1 atom stereocenters. The Morgan fingerprint density at radius 2 is 2.00 bits per heavy atom. The van der Waals surface area contributed by atoms with Gasteiger partial charge in [0, 0.05) is 41.8 Å². The molecule has 10 heteroatoms. The number of benzene rings is 2. The summed E-state index contributed by atoms with van der Waals surface area (Å²) in [4.78, 5) is 29.8. The summed E-state index contributed by atoms with van der Waals surface area (Å²) in [6.07, 6.45) is 2.00. The Labute approximate surface area is 188 Å². The monoisotopic (exact) mass is 447 g/mol. The summed E-state index contributed by atoms with van der Waals surface area (Å²) in [5.74, 6) is -0.353. The number of hydrogen-bond acceptors (Lipinski definition) is 6. The number of carbonyl (C=O) groups excluding carboxylic acids is 2. The zero-order chi connectivity index (χ0) is 22.2. The van der Waals surface area contributed by atoms with E-state index in [1.54, 1.807) is 23.7 Å². The molecule has 5 rings (SSSR count). The van der Waals surface area contributed by atoms with E-state index >= 15 is 0 Å². The average Bonchev–Trinajstić information content (AvgIpc) is 3.39. The number of nitrogens with zero attached hydrogens (tertiary/aromatic N) is 6. The van der Waals surface area contributed by atoms with Crippen molar-refractivity contribution in [1.82, 2.24) is 30.1 Å². The SMILES string of the molecule is CN1C(=O)[C@@H](NC(=O)c2nnn(Cc3ccccc3)n2)CSc2cc3c(ccn3C)cc21. The number of carbonyl (C=O) groups is 2. The molecule has 0 aliphatic carbocycles. The number of fused-ring (bicyclic) bond motifs is 2. The molecular formula is C22H21N7O2S. The predicted octanol–water partition coefficient (Wildman–Crippen LogP) is 2.08. The molecule has 0 fully saturated rings. The van der Waals surface area contributed by atoms with Gasteiger partial charge in [-0.3, -0.25) is 9.59 Å². The standard InChI is InChI=1S/C22H21N7O2S/c1-27-9-8-15-10-18-19(11-17(15)27)32-13-16(22(31)28(18)2)23-21(30)20-24-26-29(25-20)12-14-6-4-3-5-7-14/h3-11,16H,12-13H2,1-2H3,(H,23,30)/t16-/m0/s1. The first-order valence-electron chi connectivity index (χ1n) is 10.1. The van der Waals surface area contributed by atoms with Crippen LogP contribution in [-0.4, -0.2) is 55.4 Å². The van der Waals surface area contributed by atoms with E-state index in [0.29, 0.717) is 12.3 Å². The van der Waals surface area contributed by atoms with Crippen LogP contribution in [0.3, 0.4) is 0 Å². The van der Waals surface area contributed by atoms with Crippen LogP contribution in [0, 0.1) is 0 Å². The van der Waals surface area contributed by atoms with Crippen molar-refractivity contribution in [2.24, 2.45) is 7.05 Å². The highest BCUT2D eigenvalue weighted by atomic mass is 32.2. The maximum Gasteiger partial charge on any atom is 0.293 e. The summed E-state index contributed by atoms with van der Waals surface area (Å²) in [5.41, 5.74) is 2.93. The Hall–Kier alpha value is -3.66. The van der Waals surface area contributed by atoms with Crippen molar-refractivity contribution < 1.29 is 9.59 Å². The molecule has 0 spiro atoms. The minimum absolute atomic E-state index is 0.0612. The maximum atomic E-state index is 13.1. The minimum Gasteiger partial charge on any atom is -0.351 e. The fourth-order valence-electron chi connectivity index (χ4n) is 3.73. The van der Waals surface area contributed by atoms with Crippen LogP contribution in [0.5, 0.6) is 0 Å². The lowest BCUT2D eigenvalue weighted by Gasteiger charge is -2.21. The molecule has 9 nitrogen and oxygen atoms in total. The van der Waals surface area contributed by atoms with E-state index in [4.69, 9.17) is 0 Å². The van der Waals surface area contributed by atoms with Gasteiger partial charge in [-0.05, 0) is 29.0 Å². The lowest BCUT2D eigenvalue weighted by Crippen LogP contribution is -2.48. The van der Waals surface area contributed by atoms with Crippen LogP contribution in [0.2, 0.25) is 0 Å². The van der Waals surface area contributed by atoms with Crippen molar-refractivity contribution in [3.63, 3.8) is 0 Å². The van der Waals surface area contributed by atoms with E-state index in [2.05, 4.69) is 26.8 Å². The van der Waals surface area contributed by atoms with Gasteiger partial charge >= 0.3 is 0 Å². The Kier molecular flexibility index (Phi) is 5.14. The fraction of sp³-hybridized carbons (Fsp3) is 0.227. The van der Waals surface area contributed by atoms with Gasteiger partial charge < -0.3 is 14.8 Å². The van der Waals surface area contributed by atoms with Gasteiger partial charge in [-0.2, -0.15) is 4.80 Å². The second-order valence-electron chi connectivity index (χ2n) is 7.67. The number of aromatic nitrogens is 5. The van der Waals surface area contributed by atoms with E-state index in [9.17, 15) is 9.59 Å². The largest absolute Gasteiger partial charge is 0.351 e. The quantitative estimate of drug-likeness (QED) is 0.514. The van der Waals surface area contributed by atoms with Crippen molar-refractivity contribution in [3.8, 4) is 0 Å². The van der Waals surface area contributed by atoms with E-state index in [1.165, 1.54) is 4.80 Å². The third-order valence-corrected chi connectivity index (χ3v) is 6.63. The first-order valence-corrected chi connectivity index (χ1v) is 11.1. The van der Waals surface area contributed by atoms with Crippen molar-refractivity contribution in [3.05, 3.63) is 66.1 Å². The molecule has 2 amide bonds. The van der Waals surface area contributed by atoms with Crippen LogP contribution in [0.15, 0.2) is 59.6 Å². The molecule has 32 heavy (non-hydrogen) atoms. The van der Waals surface area contributed by atoms with Crippen molar-refractivity contribution >= 4 is 40.2 Å². The molecule has 4 aromatic rings.